The van der Waals surface area contributed by atoms with Crippen molar-refractivity contribution in [2.24, 2.45) is 5.73 Å². The van der Waals surface area contributed by atoms with Crippen LogP contribution < -0.4 is 5.73 Å². The Hall–Kier alpha value is -2.08. The van der Waals surface area contributed by atoms with E-state index in [4.69, 9.17) is 5.73 Å². The summed E-state index contributed by atoms with van der Waals surface area (Å²) in [6.45, 7) is 1.33. The largest absolute Gasteiger partial charge is 0.462 e. The molecule has 0 aliphatic carbocycles. The van der Waals surface area contributed by atoms with Crippen LogP contribution in [0.1, 0.15) is 18.5 Å². The van der Waals surface area contributed by atoms with E-state index in [0.29, 0.717) is 10.9 Å². The average Bonchev–Trinajstić information content (AvgIpc) is 2.46. The van der Waals surface area contributed by atoms with Crippen molar-refractivity contribution in [3.8, 4) is 0 Å². The van der Waals surface area contributed by atoms with E-state index in [2.05, 4.69) is 9.72 Å². The van der Waals surface area contributed by atoms with Gasteiger partial charge in [0.25, 0.3) is 0 Å². The summed E-state index contributed by atoms with van der Waals surface area (Å²) in [4.78, 5) is 15.4. The van der Waals surface area contributed by atoms with Crippen molar-refractivity contribution in [1.82, 2.24) is 4.98 Å². The fraction of sp³-hybridized carbons (Fsp3) is 0.286. The van der Waals surface area contributed by atoms with Gasteiger partial charge in [-0.15, -0.1) is 0 Å². The number of para-hydroxylation sites is 1. The number of pyridine rings is 1. The summed E-state index contributed by atoms with van der Waals surface area (Å²) < 4.78 is 32.4. The summed E-state index contributed by atoms with van der Waals surface area (Å²) in [6.07, 6.45) is 1.39. The zero-order valence-corrected chi connectivity index (χ0v) is 10.8. The lowest BCUT2D eigenvalue weighted by molar-refractivity contribution is -0.174. The molecule has 1 heterocycles. The minimum absolute atomic E-state index is 0.127. The lowest BCUT2D eigenvalue weighted by atomic mass is 9.98. The Kier molecular flexibility index (Phi) is 3.94. The van der Waals surface area contributed by atoms with Gasteiger partial charge >= 0.3 is 11.9 Å². The van der Waals surface area contributed by atoms with Crippen LogP contribution in [-0.4, -0.2) is 23.5 Å². The van der Waals surface area contributed by atoms with Crippen LogP contribution in [0.4, 0.5) is 8.78 Å². The number of fused-ring (bicyclic) bond motifs is 1. The number of nitrogens with two attached hydrogens (primary N) is 1. The highest BCUT2D eigenvalue weighted by Crippen LogP contribution is 2.33. The molecule has 0 fully saturated rings. The third-order valence-electron chi connectivity index (χ3n) is 2.96. The van der Waals surface area contributed by atoms with Crippen molar-refractivity contribution in [1.29, 1.82) is 0 Å². The number of hydrogen-bond acceptors (Lipinski definition) is 4. The molecule has 0 spiro atoms. The predicted octanol–water partition coefficient (Wildman–Crippen LogP) is 2.43. The molecule has 2 rings (SSSR count). The van der Waals surface area contributed by atoms with Crippen LogP contribution in [0.5, 0.6) is 0 Å². The summed E-state index contributed by atoms with van der Waals surface area (Å²) >= 11 is 0. The quantitative estimate of drug-likeness (QED) is 0.874. The van der Waals surface area contributed by atoms with E-state index in [1.165, 1.54) is 19.2 Å². The molecule has 1 aromatic carbocycles. The van der Waals surface area contributed by atoms with Gasteiger partial charge in [0.15, 0.2) is 0 Å². The second-order valence-electron chi connectivity index (χ2n) is 4.24. The van der Waals surface area contributed by atoms with E-state index in [0.717, 1.165) is 0 Å². The molecule has 0 bridgehead atoms. The van der Waals surface area contributed by atoms with Crippen LogP contribution in [0.15, 0.2) is 36.5 Å². The highest BCUT2D eigenvalue weighted by molar-refractivity contribution is 5.85. The van der Waals surface area contributed by atoms with E-state index in [9.17, 15) is 13.6 Å². The van der Waals surface area contributed by atoms with E-state index >= 15 is 0 Å². The maximum absolute atomic E-state index is 14.0. The summed E-state index contributed by atoms with van der Waals surface area (Å²) in [5, 5.41) is 0.492. The maximum Gasteiger partial charge on any atom is 0.379 e. The number of aromatic nitrogens is 1. The minimum atomic E-state index is -3.79. The lowest BCUT2D eigenvalue weighted by Crippen LogP contribution is -2.41. The van der Waals surface area contributed by atoms with Gasteiger partial charge in [0.1, 0.15) is 6.04 Å². The molecular formula is C14H14F2N2O2. The molecule has 0 radical (unpaired) electrons. The summed E-state index contributed by atoms with van der Waals surface area (Å²) in [7, 11) is 0. The molecule has 1 aromatic heterocycles. The van der Waals surface area contributed by atoms with Crippen LogP contribution >= 0.6 is 0 Å². The van der Waals surface area contributed by atoms with Crippen molar-refractivity contribution in [2.45, 2.75) is 18.9 Å². The van der Waals surface area contributed by atoms with Gasteiger partial charge in [-0.05, 0) is 24.6 Å². The van der Waals surface area contributed by atoms with Gasteiger partial charge < -0.3 is 10.5 Å². The third-order valence-corrected chi connectivity index (χ3v) is 2.96. The second-order valence-corrected chi connectivity index (χ2v) is 4.24. The Balaban J connectivity index is 2.45. The van der Waals surface area contributed by atoms with Gasteiger partial charge in [-0.25, -0.2) is 4.79 Å². The number of carbonyl (C=O) groups is 1. The van der Waals surface area contributed by atoms with Gasteiger partial charge in [-0.1, -0.05) is 18.2 Å². The first-order valence-corrected chi connectivity index (χ1v) is 6.12. The number of rotatable bonds is 4. The number of esters is 1. The van der Waals surface area contributed by atoms with Gasteiger partial charge in [0, 0.05) is 11.6 Å². The molecule has 0 unspecified atom stereocenters. The van der Waals surface area contributed by atoms with Gasteiger partial charge in [-0.2, -0.15) is 8.78 Å². The molecule has 0 aliphatic rings. The van der Waals surface area contributed by atoms with Gasteiger partial charge in [0.05, 0.1) is 12.1 Å². The summed E-state index contributed by atoms with van der Waals surface area (Å²) in [6, 6.07) is 6.37. The Morgan fingerprint density at radius 2 is 2.10 bits per heavy atom. The first kappa shape index (κ1) is 14.3. The SMILES string of the molecule is CCOC(=O)C(F)(F)[C@@H](N)c1ccnc2ccccc12. The van der Waals surface area contributed by atoms with Crippen molar-refractivity contribution >= 4 is 16.9 Å². The Labute approximate surface area is 114 Å². The molecule has 0 saturated heterocycles. The summed E-state index contributed by atoms with van der Waals surface area (Å²) in [5.41, 5.74) is 6.29. The summed E-state index contributed by atoms with van der Waals surface area (Å²) in [5.74, 6) is -5.41. The number of halogens is 2. The van der Waals surface area contributed by atoms with Crippen molar-refractivity contribution in [3.05, 3.63) is 42.1 Å². The van der Waals surface area contributed by atoms with Crippen LogP contribution in [0.25, 0.3) is 10.9 Å². The molecule has 2 N–H and O–H groups in total. The highest BCUT2D eigenvalue weighted by Gasteiger charge is 2.48. The van der Waals surface area contributed by atoms with E-state index in [-0.39, 0.29) is 12.2 Å². The minimum Gasteiger partial charge on any atom is -0.462 e. The van der Waals surface area contributed by atoms with E-state index in [1.807, 2.05) is 0 Å². The fourth-order valence-electron chi connectivity index (χ4n) is 1.94. The van der Waals surface area contributed by atoms with Crippen molar-refractivity contribution in [3.63, 3.8) is 0 Å². The van der Waals surface area contributed by atoms with Gasteiger partial charge in [0.2, 0.25) is 0 Å². The normalized spacial score (nSPS) is 13.2. The molecule has 6 heteroatoms. The Bertz CT molecular complexity index is 626. The molecule has 106 valence electrons. The van der Waals surface area contributed by atoms with Crippen molar-refractivity contribution in [2.75, 3.05) is 6.61 Å². The first-order chi connectivity index (χ1) is 9.48. The zero-order valence-electron chi connectivity index (χ0n) is 10.8. The highest BCUT2D eigenvalue weighted by atomic mass is 19.3. The second kappa shape index (κ2) is 5.50. The molecule has 0 aliphatic heterocycles. The predicted molar refractivity (Wildman–Crippen MR) is 70.3 cm³/mol. The molecule has 20 heavy (non-hydrogen) atoms. The third kappa shape index (κ3) is 2.46. The van der Waals surface area contributed by atoms with Crippen LogP contribution in [-0.2, 0) is 9.53 Å². The zero-order chi connectivity index (χ0) is 14.8. The monoisotopic (exact) mass is 280 g/mol. The number of benzene rings is 1. The molecule has 0 saturated carbocycles. The maximum atomic E-state index is 14.0. The number of alkyl halides is 2. The van der Waals surface area contributed by atoms with E-state index < -0.39 is 17.9 Å². The van der Waals surface area contributed by atoms with Crippen LogP contribution in [0, 0.1) is 0 Å². The molecule has 0 amide bonds. The first-order valence-electron chi connectivity index (χ1n) is 6.12. The topological polar surface area (TPSA) is 65.2 Å². The van der Waals surface area contributed by atoms with Gasteiger partial charge in [-0.3, -0.25) is 4.98 Å². The molecule has 2 aromatic rings. The average molecular weight is 280 g/mol. The van der Waals surface area contributed by atoms with Crippen molar-refractivity contribution < 1.29 is 18.3 Å². The Morgan fingerprint density at radius 1 is 1.40 bits per heavy atom. The molecular weight excluding hydrogens is 266 g/mol. The number of carbonyl (C=O) groups excluding carboxylic acids is 1. The van der Waals surface area contributed by atoms with Crippen LogP contribution in [0.3, 0.4) is 0 Å². The van der Waals surface area contributed by atoms with Crippen LogP contribution in [0.2, 0.25) is 0 Å². The molecule has 4 nitrogen and oxygen atoms in total. The Morgan fingerprint density at radius 3 is 2.80 bits per heavy atom. The molecule has 1 atom stereocenters. The number of ether oxygens (including phenoxy) is 1. The lowest BCUT2D eigenvalue weighted by Gasteiger charge is -2.22. The standard InChI is InChI=1S/C14H14F2N2O2/c1-2-20-13(19)14(15,16)12(17)10-7-8-18-11-6-4-3-5-9(10)11/h3-8,12H,2,17H2,1H3/t12-/m0/s1. The fourth-order valence-corrected chi connectivity index (χ4v) is 1.94. The smallest absolute Gasteiger partial charge is 0.379 e. The number of nitrogens with zero attached hydrogens (tertiary/aromatic N) is 1. The van der Waals surface area contributed by atoms with E-state index in [1.54, 1.807) is 24.3 Å². The number of hydrogen-bond donors (Lipinski definition) is 1.